The second kappa shape index (κ2) is 12.4. The van der Waals surface area contributed by atoms with E-state index in [9.17, 15) is 4.39 Å². The maximum atomic E-state index is 13.5. The number of unbranched alkanes of at least 4 members (excludes halogenated alkanes) is 2. The molecule has 31 heavy (non-hydrogen) atoms. The van der Waals surface area contributed by atoms with Gasteiger partial charge in [-0.3, -0.25) is 0 Å². The van der Waals surface area contributed by atoms with Gasteiger partial charge in [-0.15, -0.1) is 10.2 Å². The van der Waals surface area contributed by atoms with E-state index in [2.05, 4.69) is 28.9 Å². The first-order valence-corrected chi connectivity index (χ1v) is 12.1. The van der Waals surface area contributed by atoms with Crippen molar-refractivity contribution in [1.29, 1.82) is 0 Å². The molecule has 2 aromatic rings. The Balaban J connectivity index is 1.33. The Bertz CT molecular complexity index is 802. The molecule has 170 valence electrons. The summed E-state index contributed by atoms with van der Waals surface area (Å²) in [6.45, 7) is 8.87. The number of ether oxygens (including phenoxy) is 1. The van der Waals surface area contributed by atoms with Crippen molar-refractivity contribution in [2.45, 2.75) is 58.8 Å². The highest BCUT2D eigenvalue weighted by atomic mass is 35.5. The summed E-state index contributed by atoms with van der Waals surface area (Å²) in [6, 6.07) is 7.73. The van der Waals surface area contributed by atoms with E-state index in [1.54, 1.807) is 12.1 Å². The molecule has 1 aliphatic carbocycles. The van der Waals surface area contributed by atoms with E-state index >= 15 is 0 Å². The van der Waals surface area contributed by atoms with Gasteiger partial charge in [0.1, 0.15) is 5.82 Å². The van der Waals surface area contributed by atoms with Crippen LogP contribution in [0.15, 0.2) is 30.3 Å². The molecule has 1 aliphatic rings. The molecule has 3 rings (SSSR count). The zero-order chi connectivity index (χ0) is 22.1. The summed E-state index contributed by atoms with van der Waals surface area (Å²) < 4.78 is 19.2. The van der Waals surface area contributed by atoms with Gasteiger partial charge in [-0.25, -0.2) is 4.39 Å². The molecule has 1 aromatic carbocycles. The zero-order valence-corrected chi connectivity index (χ0v) is 19.6. The topological polar surface area (TPSA) is 38.2 Å². The number of benzene rings is 1. The molecular weight excluding hydrogens is 413 g/mol. The van der Waals surface area contributed by atoms with Gasteiger partial charge >= 0.3 is 0 Å². The minimum Gasteiger partial charge on any atom is -0.477 e. The predicted molar refractivity (Wildman–Crippen MR) is 125 cm³/mol. The molecule has 0 amide bonds. The average molecular weight is 448 g/mol. The largest absolute Gasteiger partial charge is 0.477 e. The van der Waals surface area contributed by atoms with Crippen molar-refractivity contribution in [3.05, 3.63) is 41.2 Å². The molecule has 0 bridgehead atoms. The summed E-state index contributed by atoms with van der Waals surface area (Å²) in [5, 5.41) is 8.67. The van der Waals surface area contributed by atoms with E-state index in [1.165, 1.54) is 63.4 Å². The second-order valence-electron chi connectivity index (χ2n) is 8.82. The van der Waals surface area contributed by atoms with Crippen LogP contribution in [-0.2, 0) is 0 Å². The van der Waals surface area contributed by atoms with Crippen molar-refractivity contribution in [3.8, 4) is 17.1 Å². The third-order valence-electron chi connectivity index (χ3n) is 6.22. The molecule has 1 saturated carbocycles. The highest BCUT2D eigenvalue weighted by molar-refractivity contribution is 6.33. The molecular formula is C25H35ClFN3O. The summed E-state index contributed by atoms with van der Waals surface area (Å²) in [5.74, 6) is 1.92. The van der Waals surface area contributed by atoms with Crippen molar-refractivity contribution in [3.63, 3.8) is 0 Å². The van der Waals surface area contributed by atoms with Crippen molar-refractivity contribution in [2.75, 3.05) is 26.2 Å². The van der Waals surface area contributed by atoms with Crippen LogP contribution in [0.3, 0.4) is 0 Å². The average Bonchev–Trinajstić information content (AvgIpc) is 2.77. The number of hydrogen-bond acceptors (Lipinski definition) is 4. The fourth-order valence-corrected chi connectivity index (χ4v) is 4.71. The summed E-state index contributed by atoms with van der Waals surface area (Å²) in [4.78, 5) is 2.62. The van der Waals surface area contributed by atoms with Crippen molar-refractivity contribution in [1.82, 2.24) is 15.1 Å². The van der Waals surface area contributed by atoms with Crippen LogP contribution in [-0.4, -0.2) is 41.3 Å². The number of nitrogens with zero attached hydrogens (tertiary/aromatic N) is 3. The van der Waals surface area contributed by atoms with Crippen LogP contribution in [0.25, 0.3) is 11.3 Å². The minimum atomic E-state index is -0.350. The molecule has 0 N–H and O–H groups in total. The molecule has 2 atom stereocenters. The molecule has 1 aromatic heterocycles. The molecule has 0 aliphatic heterocycles. The fourth-order valence-electron chi connectivity index (χ4n) is 4.49. The number of rotatable bonds is 11. The Morgan fingerprint density at radius 3 is 2.74 bits per heavy atom. The second-order valence-corrected chi connectivity index (χ2v) is 9.23. The molecule has 6 heteroatoms. The molecule has 0 radical (unpaired) electrons. The van der Waals surface area contributed by atoms with Gasteiger partial charge in [0.2, 0.25) is 5.88 Å². The van der Waals surface area contributed by atoms with E-state index in [-0.39, 0.29) is 5.82 Å². The summed E-state index contributed by atoms with van der Waals surface area (Å²) in [7, 11) is 0. The van der Waals surface area contributed by atoms with Gasteiger partial charge in [-0.1, -0.05) is 38.3 Å². The Morgan fingerprint density at radius 2 is 2.00 bits per heavy atom. The summed E-state index contributed by atoms with van der Waals surface area (Å²) in [6.07, 6.45) is 8.95. The summed E-state index contributed by atoms with van der Waals surface area (Å²) in [5.41, 5.74) is 1.06. The van der Waals surface area contributed by atoms with Gasteiger partial charge in [0.25, 0.3) is 0 Å². The van der Waals surface area contributed by atoms with Gasteiger partial charge in [-0.05, 0) is 81.3 Å². The normalized spacial score (nSPS) is 19.0. The summed E-state index contributed by atoms with van der Waals surface area (Å²) >= 11 is 6.13. The van der Waals surface area contributed by atoms with Gasteiger partial charge in [0.15, 0.2) is 0 Å². The molecule has 4 nitrogen and oxygen atoms in total. The van der Waals surface area contributed by atoms with E-state index in [4.69, 9.17) is 16.3 Å². The lowest BCUT2D eigenvalue weighted by Gasteiger charge is -2.31. The van der Waals surface area contributed by atoms with E-state index in [0.29, 0.717) is 28.8 Å². The van der Waals surface area contributed by atoms with Gasteiger partial charge < -0.3 is 9.64 Å². The lowest BCUT2D eigenvalue weighted by Crippen LogP contribution is -2.32. The SMILES string of the molecule is CCN(CCCCCOc1ccc(-c2cc(F)ccc2Cl)nn1)CC1CCCC(C)C1. The zero-order valence-electron chi connectivity index (χ0n) is 18.8. The number of halogens is 2. The molecule has 2 unspecified atom stereocenters. The van der Waals surface area contributed by atoms with Crippen LogP contribution in [0.2, 0.25) is 5.02 Å². The molecule has 1 fully saturated rings. The monoisotopic (exact) mass is 447 g/mol. The van der Waals surface area contributed by atoms with E-state index < -0.39 is 0 Å². The standard InChI is InChI=1S/C25H35ClFN3O/c1-3-30(18-20-9-7-8-19(2)16-20)14-5-4-6-15-31-25-13-12-24(28-29-25)22-17-21(27)10-11-23(22)26/h10-13,17,19-20H,3-9,14-16,18H2,1-2H3. The van der Waals surface area contributed by atoms with Gasteiger partial charge in [0.05, 0.1) is 17.3 Å². The smallest absolute Gasteiger partial charge is 0.233 e. The van der Waals surface area contributed by atoms with E-state index in [1.807, 2.05) is 0 Å². The lowest BCUT2D eigenvalue weighted by atomic mass is 9.82. The Morgan fingerprint density at radius 1 is 1.13 bits per heavy atom. The molecule has 0 saturated heterocycles. The molecule has 0 spiro atoms. The van der Waals surface area contributed by atoms with Crippen LogP contribution < -0.4 is 4.74 Å². The van der Waals surface area contributed by atoms with Gasteiger partial charge in [-0.2, -0.15) is 0 Å². The number of aromatic nitrogens is 2. The van der Waals surface area contributed by atoms with Crippen LogP contribution in [0.4, 0.5) is 4.39 Å². The Hall–Kier alpha value is -1.72. The third kappa shape index (κ3) is 7.73. The first-order valence-electron chi connectivity index (χ1n) is 11.7. The van der Waals surface area contributed by atoms with Crippen molar-refractivity contribution >= 4 is 11.6 Å². The Kier molecular flexibility index (Phi) is 9.54. The highest BCUT2D eigenvalue weighted by Gasteiger charge is 2.20. The maximum Gasteiger partial charge on any atom is 0.233 e. The van der Waals surface area contributed by atoms with Crippen LogP contribution >= 0.6 is 11.6 Å². The Labute approximate surface area is 191 Å². The quantitative estimate of drug-likeness (QED) is 0.362. The minimum absolute atomic E-state index is 0.350. The molecule has 1 heterocycles. The van der Waals surface area contributed by atoms with Crippen molar-refractivity contribution < 1.29 is 9.13 Å². The predicted octanol–water partition coefficient (Wildman–Crippen LogP) is 6.63. The van der Waals surface area contributed by atoms with Crippen LogP contribution in [0.5, 0.6) is 5.88 Å². The highest BCUT2D eigenvalue weighted by Crippen LogP contribution is 2.29. The first kappa shape index (κ1) is 23.9. The van der Waals surface area contributed by atoms with Crippen LogP contribution in [0, 0.1) is 17.7 Å². The van der Waals surface area contributed by atoms with Crippen molar-refractivity contribution in [2.24, 2.45) is 11.8 Å². The number of hydrogen-bond donors (Lipinski definition) is 0. The van der Waals surface area contributed by atoms with Gasteiger partial charge in [0, 0.05) is 18.2 Å². The fraction of sp³-hybridized carbons (Fsp3) is 0.600. The van der Waals surface area contributed by atoms with E-state index in [0.717, 1.165) is 31.2 Å². The maximum absolute atomic E-state index is 13.5. The lowest BCUT2D eigenvalue weighted by molar-refractivity contribution is 0.181. The third-order valence-corrected chi connectivity index (χ3v) is 6.55. The first-order chi connectivity index (χ1) is 15.0. The van der Waals surface area contributed by atoms with Crippen LogP contribution in [0.1, 0.15) is 58.8 Å².